The molecular formula is C23H28N4O3. The van der Waals surface area contributed by atoms with Gasteiger partial charge in [-0.15, -0.1) is 0 Å². The van der Waals surface area contributed by atoms with Gasteiger partial charge in [0.25, 0.3) is 5.91 Å². The molecule has 7 heteroatoms. The van der Waals surface area contributed by atoms with E-state index >= 15 is 0 Å². The lowest BCUT2D eigenvalue weighted by atomic mass is 10.0. The van der Waals surface area contributed by atoms with Crippen molar-refractivity contribution in [3.05, 3.63) is 47.8 Å². The maximum absolute atomic E-state index is 13.4. The molecule has 0 bridgehead atoms. The highest BCUT2D eigenvalue weighted by Crippen LogP contribution is 2.31. The van der Waals surface area contributed by atoms with E-state index in [1.54, 1.807) is 18.1 Å². The predicted molar refractivity (Wildman–Crippen MR) is 115 cm³/mol. The van der Waals surface area contributed by atoms with Crippen LogP contribution in [-0.2, 0) is 0 Å². The van der Waals surface area contributed by atoms with Gasteiger partial charge in [0.1, 0.15) is 6.61 Å². The summed E-state index contributed by atoms with van der Waals surface area (Å²) < 4.78 is 13.7. The van der Waals surface area contributed by atoms with E-state index in [0.29, 0.717) is 24.5 Å². The summed E-state index contributed by atoms with van der Waals surface area (Å²) in [6, 6.07) is 9.64. The van der Waals surface area contributed by atoms with Crippen LogP contribution < -0.4 is 9.47 Å². The Morgan fingerprint density at radius 1 is 1.23 bits per heavy atom. The lowest BCUT2D eigenvalue weighted by Crippen LogP contribution is -2.41. The molecule has 0 fully saturated rings. The van der Waals surface area contributed by atoms with Gasteiger partial charge >= 0.3 is 0 Å². The lowest BCUT2D eigenvalue weighted by molar-refractivity contribution is 0.0522. The first kappa shape index (κ1) is 20.2. The summed E-state index contributed by atoms with van der Waals surface area (Å²) in [5.74, 6) is 1.57. The zero-order chi connectivity index (χ0) is 21.4. The molecule has 1 atom stereocenters. The van der Waals surface area contributed by atoms with Crippen LogP contribution in [0.2, 0.25) is 0 Å². The number of nitrogens with zero attached hydrogens (tertiary/aromatic N) is 4. The van der Waals surface area contributed by atoms with Gasteiger partial charge in [-0.1, -0.05) is 26.0 Å². The third kappa shape index (κ3) is 3.72. The van der Waals surface area contributed by atoms with Gasteiger partial charge in [0.05, 0.1) is 23.7 Å². The zero-order valence-electron chi connectivity index (χ0n) is 18.1. The molecule has 3 heterocycles. The number of fused-ring (bicyclic) bond motifs is 2. The van der Waals surface area contributed by atoms with Crippen LogP contribution in [-0.4, -0.2) is 51.9 Å². The van der Waals surface area contributed by atoms with E-state index in [9.17, 15) is 4.79 Å². The first-order chi connectivity index (χ1) is 14.3. The zero-order valence-corrected chi connectivity index (χ0v) is 18.1. The third-order valence-corrected chi connectivity index (χ3v) is 5.29. The van der Waals surface area contributed by atoms with Crippen molar-refractivity contribution in [2.24, 2.45) is 0 Å². The highest BCUT2D eigenvalue weighted by atomic mass is 16.6. The minimum absolute atomic E-state index is 0.0740. The van der Waals surface area contributed by atoms with Crippen molar-refractivity contribution in [1.29, 1.82) is 0 Å². The average Bonchev–Trinajstić information content (AvgIpc) is 3.16. The minimum atomic E-state index is -0.228. The number of ether oxygens (including phenoxy) is 2. The molecule has 0 saturated carbocycles. The Balaban J connectivity index is 1.61. The Labute approximate surface area is 176 Å². The molecule has 0 radical (unpaired) electrons. The van der Waals surface area contributed by atoms with E-state index in [0.717, 1.165) is 22.5 Å². The van der Waals surface area contributed by atoms with Crippen LogP contribution in [0.4, 0.5) is 0 Å². The van der Waals surface area contributed by atoms with Crippen LogP contribution >= 0.6 is 0 Å². The van der Waals surface area contributed by atoms with Crippen LogP contribution in [0.5, 0.6) is 11.5 Å². The van der Waals surface area contributed by atoms with Crippen molar-refractivity contribution in [1.82, 2.24) is 19.7 Å². The largest absolute Gasteiger partial charge is 0.486 e. The van der Waals surface area contributed by atoms with E-state index in [2.05, 4.69) is 32.8 Å². The van der Waals surface area contributed by atoms with Crippen molar-refractivity contribution in [3.63, 3.8) is 0 Å². The van der Waals surface area contributed by atoms with Crippen LogP contribution in [0, 0.1) is 0 Å². The van der Waals surface area contributed by atoms with Crippen LogP contribution in [0.3, 0.4) is 0 Å². The number of carbonyl (C=O) groups excluding carboxylic acids is 1. The molecule has 158 valence electrons. The van der Waals surface area contributed by atoms with Gasteiger partial charge in [0, 0.05) is 18.8 Å². The number of likely N-dealkylation sites (N-methyl/N-ethyl adjacent to an activating group) is 1. The number of benzene rings is 1. The van der Waals surface area contributed by atoms with Gasteiger partial charge in [-0.25, -0.2) is 9.67 Å². The topological polar surface area (TPSA) is 69.5 Å². The predicted octanol–water partition coefficient (Wildman–Crippen LogP) is 4.05. The molecule has 1 amide bonds. The van der Waals surface area contributed by atoms with Crippen LogP contribution in [0.15, 0.2) is 36.5 Å². The highest BCUT2D eigenvalue weighted by molar-refractivity contribution is 6.05. The number of pyridine rings is 1. The number of amides is 1. The van der Waals surface area contributed by atoms with Gasteiger partial charge in [-0.2, -0.15) is 5.10 Å². The maximum Gasteiger partial charge on any atom is 0.254 e. The standard InChI is InChI=1S/C23H28N4O3/c1-14(2)19-10-17(18-11-24-27(15(3)4)22(18)25-19)23(28)26(5)12-16-13-29-20-8-6-7-9-21(20)30-16/h6-11,14-16H,12-13H2,1-5H3/t16-/m1/s1. The number of hydrogen-bond donors (Lipinski definition) is 0. The Morgan fingerprint density at radius 2 is 1.97 bits per heavy atom. The second-order valence-corrected chi connectivity index (χ2v) is 8.35. The van der Waals surface area contributed by atoms with E-state index in [-0.39, 0.29) is 24.0 Å². The quantitative estimate of drug-likeness (QED) is 0.637. The molecule has 0 unspecified atom stereocenters. The highest BCUT2D eigenvalue weighted by Gasteiger charge is 2.26. The molecule has 2 aromatic heterocycles. The van der Waals surface area contributed by atoms with E-state index in [1.165, 1.54) is 0 Å². The summed E-state index contributed by atoms with van der Waals surface area (Å²) in [7, 11) is 1.79. The van der Waals surface area contributed by atoms with Crippen molar-refractivity contribution in [3.8, 4) is 11.5 Å². The maximum atomic E-state index is 13.4. The Kier molecular flexibility index (Phi) is 5.37. The normalized spacial score (nSPS) is 15.8. The number of carbonyl (C=O) groups is 1. The number of rotatable bonds is 5. The van der Waals surface area contributed by atoms with E-state index in [4.69, 9.17) is 14.5 Å². The smallest absolute Gasteiger partial charge is 0.254 e. The van der Waals surface area contributed by atoms with Crippen LogP contribution in [0.25, 0.3) is 11.0 Å². The number of hydrogen-bond acceptors (Lipinski definition) is 5. The molecular weight excluding hydrogens is 380 g/mol. The Hall–Kier alpha value is -3.09. The number of para-hydroxylation sites is 2. The number of aromatic nitrogens is 3. The molecule has 0 spiro atoms. The Morgan fingerprint density at radius 3 is 2.67 bits per heavy atom. The van der Waals surface area contributed by atoms with Crippen LogP contribution in [0.1, 0.15) is 55.7 Å². The molecule has 4 rings (SSSR count). The fourth-order valence-electron chi connectivity index (χ4n) is 3.64. The van der Waals surface area contributed by atoms with E-state index in [1.807, 2.05) is 35.0 Å². The molecule has 1 aliphatic rings. The fraction of sp³-hybridized carbons (Fsp3) is 0.435. The van der Waals surface area contributed by atoms with Gasteiger partial charge in [0.15, 0.2) is 23.3 Å². The molecule has 0 saturated heterocycles. The van der Waals surface area contributed by atoms with Gasteiger partial charge in [0.2, 0.25) is 0 Å². The first-order valence-electron chi connectivity index (χ1n) is 10.4. The van der Waals surface area contributed by atoms with Gasteiger partial charge < -0.3 is 14.4 Å². The van der Waals surface area contributed by atoms with Crippen molar-refractivity contribution in [2.75, 3.05) is 20.2 Å². The lowest BCUT2D eigenvalue weighted by Gasteiger charge is -2.29. The minimum Gasteiger partial charge on any atom is -0.486 e. The molecule has 1 aromatic carbocycles. The monoisotopic (exact) mass is 408 g/mol. The van der Waals surface area contributed by atoms with Crippen molar-refractivity contribution >= 4 is 16.9 Å². The second-order valence-electron chi connectivity index (χ2n) is 8.35. The second kappa shape index (κ2) is 7.97. The summed E-state index contributed by atoms with van der Waals surface area (Å²) >= 11 is 0. The first-order valence-corrected chi connectivity index (χ1v) is 10.4. The summed E-state index contributed by atoms with van der Waals surface area (Å²) in [6.07, 6.45) is 1.51. The molecule has 7 nitrogen and oxygen atoms in total. The molecule has 0 aliphatic carbocycles. The van der Waals surface area contributed by atoms with Gasteiger partial charge in [-0.3, -0.25) is 4.79 Å². The molecule has 1 aliphatic heterocycles. The van der Waals surface area contributed by atoms with Gasteiger partial charge in [-0.05, 0) is 38.0 Å². The third-order valence-electron chi connectivity index (χ3n) is 5.29. The van der Waals surface area contributed by atoms with Crippen molar-refractivity contribution in [2.45, 2.75) is 45.8 Å². The SMILES string of the molecule is CC(C)c1cc(C(=O)N(C)C[C@@H]2COc3ccccc3O2)c2cnn(C(C)C)c2n1. The molecule has 0 N–H and O–H groups in total. The summed E-state index contributed by atoms with van der Waals surface area (Å²) in [6.45, 7) is 9.10. The Bertz CT molecular complexity index is 1070. The fourth-order valence-corrected chi connectivity index (χ4v) is 3.64. The summed E-state index contributed by atoms with van der Waals surface area (Å²) in [5, 5.41) is 5.25. The summed E-state index contributed by atoms with van der Waals surface area (Å²) in [4.78, 5) is 19.9. The molecule has 30 heavy (non-hydrogen) atoms. The van der Waals surface area contributed by atoms with Crippen molar-refractivity contribution < 1.29 is 14.3 Å². The summed E-state index contributed by atoms with van der Waals surface area (Å²) in [5.41, 5.74) is 2.25. The van der Waals surface area contributed by atoms with E-state index < -0.39 is 0 Å². The molecule has 3 aromatic rings. The average molecular weight is 409 g/mol.